The molecule has 2 rings (SSSR count). The summed E-state index contributed by atoms with van der Waals surface area (Å²) in [5.41, 5.74) is 4.38. The maximum atomic E-state index is 10.8. The van der Waals surface area contributed by atoms with Crippen LogP contribution in [0.25, 0.3) is 0 Å². The summed E-state index contributed by atoms with van der Waals surface area (Å²) >= 11 is 0. The lowest BCUT2D eigenvalue weighted by Crippen LogP contribution is -2.16. The van der Waals surface area contributed by atoms with Crippen molar-refractivity contribution in [3.05, 3.63) is 34.9 Å². The van der Waals surface area contributed by atoms with E-state index in [1.54, 1.807) is 6.92 Å². The third-order valence-corrected chi connectivity index (χ3v) is 3.15. The van der Waals surface area contributed by atoms with Gasteiger partial charge in [0, 0.05) is 19.5 Å². The summed E-state index contributed by atoms with van der Waals surface area (Å²) in [6.45, 7) is 3.30. The molecule has 0 amide bonds. The first-order valence-corrected chi connectivity index (χ1v) is 6.06. The molecule has 2 heteroatoms. The van der Waals surface area contributed by atoms with Crippen molar-refractivity contribution in [3.8, 4) is 0 Å². The minimum absolute atomic E-state index is 0.251. The van der Waals surface area contributed by atoms with Crippen LogP contribution < -0.4 is 5.32 Å². The van der Waals surface area contributed by atoms with E-state index in [1.165, 1.54) is 36.0 Å². The molecule has 16 heavy (non-hydrogen) atoms. The molecule has 0 spiro atoms. The molecule has 2 nitrogen and oxygen atoms in total. The van der Waals surface area contributed by atoms with Crippen LogP contribution in [0.3, 0.4) is 0 Å². The number of fused-ring (bicyclic) bond motifs is 1. The van der Waals surface area contributed by atoms with Gasteiger partial charge in [0.25, 0.3) is 0 Å². The Labute approximate surface area is 97.1 Å². The van der Waals surface area contributed by atoms with Crippen LogP contribution in [0, 0.1) is 0 Å². The van der Waals surface area contributed by atoms with Gasteiger partial charge in [-0.1, -0.05) is 18.2 Å². The Morgan fingerprint density at radius 2 is 2.12 bits per heavy atom. The normalized spacial score (nSPS) is 13.8. The molecule has 0 radical (unpaired) electrons. The maximum Gasteiger partial charge on any atom is 0.131 e. The highest BCUT2D eigenvalue weighted by atomic mass is 16.1. The lowest BCUT2D eigenvalue weighted by atomic mass is 10.1. The van der Waals surface area contributed by atoms with Crippen LogP contribution in [0.4, 0.5) is 0 Å². The van der Waals surface area contributed by atoms with E-state index in [1.807, 2.05) is 0 Å². The topological polar surface area (TPSA) is 29.1 Å². The summed E-state index contributed by atoms with van der Waals surface area (Å²) in [4.78, 5) is 10.8. The van der Waals surface area contributed by atoms with E-state index >= 15 is 0 Å². The molecule has 1 aliphatic rings. The lowest BCUT2D eigenvalue weighted by molar-refractivity contribution is -0.116. The minimum atomic E-state index is 0.251. The molecule has 0 saturated heterocycles. The van der Waals surface area contributed by atoms with Crippen LogP contribution in [0.5, 0.6) is 0 Å². The molecule has 0 aromatic heterocycles. The number of hydrogen-bond acceptors (Lipinski definition) is 2. The summed E-state index contributed by atoms with van der Waals surface area (Å²) in [6.07, 6.45) is 4.41. The van der Waals surface area contributed by atoms with Crippen LogP contribution in [-0.2, 0) is 24.2 Å². The number of carbonyl (C=O) groups excluding carboxylic acids is 1. The number of benzene rings is 1. The zero-order valence-corrected chi connectivity index (χ0v) is 9.88. The van der Waals surface area contributed by atoms with Crippen LogP contribution in [0.1, 0.15) is 36.5 Å². The third kappa shape index (κ3) is 2.92. The predicted octanol–water partition coefficient (Wildman–Crippen LogP) is 2.24. The molecule has 1 aromatic rings. The van der Waals surface area contributed by atoms with Gasteiger partial charge in [-0.15, -0.1) is 0 Å². The van der Waals surface area contributed by atoms with Gasteiger partial charge in [-0.2, -0.15) is 0 Å². The molecule has 0 heterocycles. The largest absolute Gasteiger partial charge is 0.312 e. The summed E-state index contributed by atoms with van der Waals surface area (Å²) < 4.78 is 0. The Morgan fingerprint density at radius 1 is 1.31 bits per heavy atom. The Morgan fingerprint density at radius 3 is 2.94 bits per heavy atom. The molecule has 1 aromatic carbocycles. The predicted molar refractivity (Wildman–Crippen MR) is 65.5 cm³/mol. The van der Waals surface area contributed by atoms with E-state index < -0.39 is 0 Å². The van der Waals surface area contributed by atoms with E-state index in [9.17, 15) is 4.79 Å². The Kier molecular flexibility index (Phi) is 3.73. The molecule has 0 fully saturated rings. The van der Waals surface area contributed by atoms with Crippen molar-refractivity contribution < 1.29 is 4.79 Å². The summed E-state index contributed by atoms with van der Waals surface area (Å²) in [5.74, 6) is 0.251. The Hall–Kier alpha value is -1.15. The molecule has 0 atom stereocenters. The van der Waals surface area contributed by atoms with Gasteiger partial charge in [-0.25, -0.2) is 0 Å². The molecular weight excluding hydrogens is 198 g/mol. The number of rotatable bonds is 5. The highest BCUT2D eigenvalue weighted by molar-refractivity contribution is 5.75. The number of carbonyl (C=O) groups is 1. The fourth-order valence-electron chi connectivity index (χ4n) is 2.23. The second-order valence-electron chi connectivity index (χ2n) is 4.59. The number of nitrogens with one attached hydrogen (secondary N) is 1. The van der Waals surface area contributed by atoms with Gasteiger partial charge in [0.05, 0.1) is 0 Å². The monoisotopic (exact) mass is 217 g/mol. The maximum absolute atomic E-state index is 10.8. The van der Waals surface area contributed by atoms with E-state index in [4.69, 9.17) is 0 Å². The lowest BCUT2D eigenvalue weighted by Gasteiger charge is -2.06. The van der Waals surface area contributed by atoms with Crippen molar-refractivity contribution >= 4 is 5.78 Å². The molecule has 0 unspecified atom stereocenters. The zero-order valence-electron chi connectivity index (χ0n) is 9.88. The molecule has 1 N–H and O–H groups in total. The van der Waals surface area contributed by atoms with Crippen LogP contribution in [0.15, 0.2) is 18.2 Å². The average Bonchev–Trinajstić information content (AvgIpc) is 2.71. The molecule has 0 saturated carbocycles. The fourth-order valence-corrected chi connectivity index (χ4v) is 2.23. The smallest absolute Gasteiger partial charge is 0.131 e. The van der Waals surface area contributed by atoms with E-state index in [2.05, 4.69) is 23.5 Å². The molecule has 0 aliphatic heterocycles. The van der Waals surface area contributed by atoms with Gasteiger partial charge in [0.2, 0.25) is 0 Å². The highest BCUT2D eigenvalue weighted by Gasteiger charge is 2.10. The molecule has 0 bridgehead atoms. The summed E-state index contributed by atoms with van der Waals surface area (Å²) in [5, 5.41) is 3.30. The van der Waals surface area contributed by atoms with Crippen LogP contribution >= 0.6 is 0 Å². The van der Waals surface area contributed by atoms with Crippen molar-refractivity contribution in [2.24, 2.45) is 0 Å². The van der Waals surface area contributed by atoms with Crippen LogP contribution in [0.2, 0.25) is 0 Å². The minimum Gasteiger partial charge on any atom is -0.312 e. The van der Waals surface area contributed by atoms with Crippen molar-refractivity contribution in [3.63, 3.8) is 0 Å². The van der Waals surface area contributed by atoms with Crippen molar-refractivity contribution in [2.45, 2.75) is 39.2 Å². The second-order valence-corrected chi connectivity index (χ2v) is 4.59. The van der Waals surface area contributed by atoms with Crippen molar-refractivity contribution in [1.82, 2.24) is 5.32 Å². The van der Waals surface area contributed by atoms with Gasteiger partial charge >= 0.3 is 0 Å². The SMILES string of the molecule is CC(=O)CCNCc1ccc2c(c1)CCC2. The highest BCUT2D eigenvalue weighted by Crippen LogP contribution is 2.22. The molecule has 1 aliphatic carbocycles. The van der Waals surface area contributed by atoms with Gasteiger partial charge in [0.1, 0.15) is 5.78 Å². The van der Waals surface area contributed by atoms with Gasteiger partial charge < -0.3 is 5.32 Å². The molecular formula is C14H19NO. The molecule has 86 valence electrons. The zero-order chi connectivity index (χ0) is 11.4. The number of aryl methyl sites for hydroxylation is 2. The first-order valence-electron chi connectivity index (χ1n) is 6.06. The van der Waals surface area contributed by atoms with Crippen molar-refractivity contribution in [2.75, 3.05) is 6.54 Å². The van der Waals surface area contributed by atoms with Crippen molar-refractivity contribution in [1.29, 1.82) is 0 Å². The fraction of sp³-hybridized carbons (Fsp3) is 0.500. The second kappa shape index (κ2) is 5.26. The summed E-state index contributed by atoms with van der Waals surface area (Å²) in [6, 6.07) is 6.76. The summed E-state index contributed by atoms with van der Waals surface area (Å²) in [7, 11) is 0. The quantitative estimate of drug-likeness (QED) is 0.766. The van der Waals surface area contributed by atoms with Gasteiger partial charge in [0.15, 0.2) is 0 Å². The van der Waals surface area contributed by atoms with E-state index in [-0.39, 0.29) is 5.78 Å². The Balaban J connectivity index is 1.83. The first-order chi connectivity index (χ1) is 7.75. The van der Waals surface area contributed by atoms with Crippen LogP contribution in [-0.4, -0.2) is 12.3 Å². The third-order valence-electron chi connectivity index (χ3n) is 3.15. The Bertz CT molecular complexity index is 384. The van der Waals surface area contributed by atoms with Gasteiger partial charge in [-0.3, -0.25) is 4.79 Å². The van der Waals surface area contributed by atoms with E-state index in [0.29, 0.717) is 6.42 Å². The van der Waals surface area contributed by atoms with Gasteiger partial charge in [-0.05, 0) is 42.9 Å². The number of ketones is 1. The number of hydrogen-bond donors (Lipinski definition) is 1. The first kappa shape index (κ1) is 11.3. The van der Waals surface area contributed by atoms with E-state index in [0.717, 1.165) is 13.1 Å². The standard InChI is InChI=1S/C14H19NO/c1-11(16)7-8-15-10-12-5-6-13-3-2-4-14(13)9-12/h5-6,9,15H,2-4,7-8,10H2,1H3. The average molecular weight is 217 g/mol. The number of Topliss-reactive ketones (excluding diaryl/α,β-unsaturated/α-hetero) is 1.